The molecule has 2 N–H and O–H groups in total. The number of nitrogens with one attached hydrogen (secondary N) is 1. The molecule has 4 aromatic rings. The lowest BCUT2D eigenvalue weighted by molar-refractivity contribution is 0.0949. The van der Waals surface area contributed by atoms with Gasteiger partial charge in [0, 0.05) is 45.1 Å². The number of halogens is 1. The predicted molar refractivity (Wildman–Crippen MR) is 119 cm³/mol. The third-order valence-electron chi connectivity index (χ3n) is 5.53. The summed E-state index contributed by atoms with van der Waals surface area (Å²) in [5.74, 6) is -1.39. The van der Waals surface area contributed by atoms with E-state index in [4.69, 9.17) is 0 Å². The molecule has 0 spiro atoms. The molecule has 164 valence electrons. The van der Waals surface area contributed by atoms with Crippen molar-refractivity contribution in [2.75, 3.05) is 6.54 Å². The SMILES string of the molecule is Cn1cccc1CCNC(=O)c1c(O)c2ncc(Cc3ccc(F)cc3)cc2n(C)c1=O. The zero-order valence-corrected chi connectivity index (χ0v) is 17.8. The van der Waals surface area contributed by atoms with E-state index in [-0.39, 0.29) is 16.9 Å². The quantitative estimate of drug-likeness (QED) is 0.488. The number of amides is 1. The Hall–Kier alpha value is -3.94. The summed E-state index contributed by atoms with van der Waals surface area (Å²) in [6.45, 7) is 0.321. The van der Waals surface area contributed by atoms with Crippen molar-refractivity contribution in [1.29, 1.82) is 0 Å². The fourth-order valence-electron chi connectivity index (χ4n) is 3.72. The first kappa shape index (κ1) is 21.3. The van der Waals surface area contributed by atoms with Gasteiger partial charge in [-0.15, -0.1) is 0 Å². The highest BCUT2D eigenvalue weighted by atomic mass is 19.1. The molecule has 0 unspecified atom stereocenters. The fourth-order valence-corrected chi connectivity index (χ4v) is 3.72. The number of aryl methyl sites for hydroxylation is 2. The van der Waals surface area contributed by atoms with Crippen LogP contribution in [0.4, 0.5) is 4.39 Å². The Labute approximate surface area is 183 Å². The average molecular weight is 434 g/mol. The summed E-state index contributed by atoms with van der Waals surface area (Å²) < 4.78 is 16.4. The second-order valence-corrected chi connectivity index (χ2v) is 7.72. The molecule has 7 nitrogen and oxygen atoms in total. The maximum absolute atomic E-state index is 13.1. The molecule has 1 aromatic carbocycles. The van der Waals surface area contributed by atoms with Crippen molar-refractivity contribution in [2.24, 2.45) is 14.1 Å². The number of nitrogens with zero attached hydrogens (tertiary/aromatic N) is 3. The van der Waals surface area contributed by atoms with E-state index >= 15 is 0 Å². The van der Waals surface area contributed by atoms with Gasteiger partial charge in [-0.05, 0) is 47.9 Å². The van der Waals surface area contributed by atoms with Crippen LogP contribution >= 0.6 is 0 Å². The molecule has 3 aromatic heterocycles. The smallest absolute Gasteiger partial charge is 0.267 e. The maximum Gasteiger partial charge on any atom is 0.267 e. The molecular formula is C24H23FN4O3. The molecule has 0 radical (unpaired) electrons. The first-order valence-corrected chi connectivity index (χ1v) is 10.2. The standard InChI is InChI=1S/C24H23FN4O3/c1-28-11-3-4-18(28)9-10-26-23(31)20-22(30)21-19(29(2)24(20)32)13-16(14-27-21)12-15-5-7-17(25)8-6-15/h3-8,11,13-14,30H,9-10,12H2,1-2H3,(H,26,31). The number of fused-ring (bicyclic) bond motifs is 1. The number of rotatable bonds is 6. The number of aromatic hydroxyl groups is 1. The van der Waals surface area contributed by atoms with Crippen molar-refractivity contribution in [2.45, 2.75) is 12.8 Å². The minimum atomic E-state index is -0.642. The molecular weight excluding hydrogens is 411 g/mol. The molecule has 0 saturated carbocycles. The minimum absolute atomic E-state index is 0.169. The van der Waals surface area contributed by atoms with Crippen molar-refractivity contribution in [3.63, 3.8) is 0 Å². The lowest BCUT2D eigenvalue weighted by Gasteiger charge is -2.13. The van der Waals surface area contributed by atoms with Crippen molar-refractivity contribution in [1.82, 2.24) is 19.4 Å². The van der Waals surface area contributed by atoms with Crippen LogP contribution in [0.5, 0.6) is 5.75 Å². The number of carbonyl (C=O) groups is 1. The first-order chi connectivity index (χ1) is 15.3. The van der Waals surface area contributed by atoms with Crippen LogP contribution in [0.15, 0.2) is 59.7 Å². The second kappa shape index (κ2) is 8.66. The predicted octanol–water partition coefficient (Wildman–Crippen LogP) is 2.68. The molecule has 3 heterocycles. The van der Waals surface area contributed by atoms with E-state index in [2.05, 4.69) is 10.3 Å². The van der Waals surface area contributed by atoms with E-state index in [1.54, 1.807) is 24.4 Å². The summed E-state index contributed by atoms with van der Waals surface area (Å²) in [5, 5.41) is 13.4. The van der Waals surface area contributed by atoms with Crippen molar-refractivity contribution < 1.29 is 14.3 Å². The number of aromatic nitrogens is 3. The number of benzene rings is 1. The molecule has 1 amide bonds. The van der Waals surface area contributed by atoms with Crippen LogP contribution < -0.4 is 10.9 Å². The lowest BCUT2D eigenvalue weighted by atomic mass is 10.1. The van der Waals surface area contributed by atoms with Crippen molar-refractivity contribution >= 4 is 16.9 Å². The highest BCUT2D eigenvalue weighted by Gasteiger charge is 2.22. The highest BCUT2D eigenvalue weighted by Crippen LogP contribution is 2.25. The topological polar surface area (TPSA) is 89.2 Å². The fraction of sp³-hybridized carbons (Fsp3) is 0.208. The molecule has 32 heavy (non-hydrogen) atoms. The second-order valence-electron chi connectivity index (χ2n) is 7.72. The van der Waals surface area contributed by atoms with Gasteiger partial charge in [-0.1, -0.05) is 12.1 Å². The molecule has 0 aliphatic heterocycles. The monoisotopic (exact) mass is 434 g/mol. The van der Waals surface area contributed by atoms with Crippen LogP contribution in [0.3, 0.4) is 0 Å². The van der Waals surface area contributed by atoms with Gasteiger partial charge in [-0.3, -0.25) is 14.6 Å². The molecule has 0 aliphatic carbocycles. The van der Waals surface area contributed by atoms with E-state index in [0.29, 0.717) is 24.9 Å². The number of pyridine rings is 2. The Kier molecular flexibility index (Phi) is 5.77. The van der Waals surface area contributed by atoms with Gasteiger partial charge in [0.05, 0.1) is 5.52 Å². The van der Waals surface area contributed by atoms with E-state index < -0.39 is 17.2 Å². The van der Waals surface area contributed by atoms with Gasteiger partial charge in [-0.25, -0.2) is 4.39 Å². The maximum atomic E-state index is 13.1. The molecule has 4 rings (SSSR count). The van der Waals surface area contributed by atoms with E-state index in [9.17, 15) is 19.1 Å². The Morgan fingerprint density at radius 1 is 1.16 bits per heavy atom. The highest BCUT2D eigenvalue weighted by molar-refractivity contribution is 6.01. The van der Waals surface area contributed by atoms with Crippen LogP contribution in [-0.2, 0) is 26.9 Å². The average Bonchev–Trinajstić information content (AvgIpc) is 3.18. The molecule has 8 heteroatoms. The summed E-state index contributed by atoms with van der Waals surface area (Å²) in [6.07, 6.45) is 4.57. The Bertz CT molecular complexity index is 1360. The van der Waals surface area contributed by atoms with Gasteiger partial charge in [0.25, 0.3) is 11.5 Å². The molecule has 0 atom stereocenters. The third kappa shape index (κ3) is 4.12. The summed E-state index contributed by atoms with van der Waals surface area (Å²) in [6, 6.07) is 11.7. The normalized spacial score (nSPS) is 11.1. The van der Waals surface area contributed by atoms with Crippen LogP contribution in [0.2, 0.25) is 0 Å². The number of carbonyl (C=O) groups excluding carboxylic acids is 1. The van der Waals surface area contributed by atoms with E-state index in [0.717, 1.165) is 16.8 Å². The summed E-state index contributed by atoms with van der Waals surface area (Å²) in [4.78, 5) is 29.9. The Morgan fingerprint density at radius 2 is 1.91 bits per heavy atom. The van der Waals surface area contributed by atoms with Gasteiger partial charge in [-0.2, -0.15) is 0 Å². The zero-order valence-electron chi connectivity index (χ0n) is 17.8. The van der Waals surface area contributed by atoms with Crippen LogP contribution in [0.1, 0.15) is 27.2 Å². The van der Waals surface area contributed by atoms with Crippen molar-refractivity contribution in [3.8, 4) is 5.75 Å². The van der Waals surface area contributed by atoms with E-state index in [1.807, 2.05) is 29.9 Å². The van der Waals surface area contributed by atoms with E-state index in [1.165, 1.54) is 23.7 Å². The minimum Gasteiger partial charge on any atom is -0.505 e. The third-order valence-corrected chi connectivity index (χ3v) is 5.53. The van der Waals surface area contributed by atoms with Gasteiger partial charge < -0.3 is 19.6 Å². The van der Waals surface area contributed by atoms with Crippen molar-refractivity contribution in [3.05, 3.63) is 93.4 Å². The lowest BCUT2D eigenvalue weighted by Crippen LogP contribution is -2.33. The molecule has 0 fully saturated rings. The summed E-state index contributed by atoms with van der Waals surface area (Å²) >= 11 is 0. The van der Waals surface area contributed by atoms with Crippen LogP contribution in [0.25, 0.3) is 11.0 Å². The largest absolute Gasteiger partial charge is 0.505 e. The van der Waals surface area contributed by atoms with Gasteiger partial charge >= 0.3 is 0 Å². The van der Waals surface area contributed by atoms with Crippen LogP contribution in [0, 0.1) is 5.82 Å². The Balaban J connectivity index is 1.60. The van der Waals surface area contributed by atoms with Gasteiger partial charge in [0.15, 0.2) is 5.75 Å². The number of hydrogen-bond donors (Lipinski definition) is 2. The number of hydrogen-bond acceptors (Lipinski definition) is 4. The first-order valence-electron chi connectivity index (χ1n) is 10.2. The molecule has 0 bridgehead atoms. The summed E-state index contributed by atoms with van der Waals surface area (Å²) in [5.41, 5.74) is 2.36. The van der Waals surface area contributed by atoms with Crippen LogP contribution in [-0.4, -0.2) is 31.7 Å². The summed E-state index contributed by atoms with van der Waals surface area (Å²) in [7, 11) is 3.45. The zero-order chi connectivity index (χ0) is 22.8. The van der Waals surface area contributed by atoms with Gasteiger partial charge in [0.2, 0.25) is 0 Å². The molecule has 0 saturated heterocycles. The Morgan fingerprint density at radius 3 is 2.59 bits per heavy atom. The van der Waals surface area contributed by atoms with Gasteiger partial charge in [0.1, 0.15) is 16.9 Å². The molecule has 0 aliphatic rings.